The molecule has 1 aliphatic carbocycles. The Morgan fingerprint density at radius 2 is 2.03 bits per heavy atom. The average Bonchev–Trinajstić information content (AvgIpc) is 3.51. The van der Waals surface area contributed by atoms with Crippen LogP contribution >= 0.6 is 0 Å². The van der Waals surface area contributed by atoms with E-state index in [0.717, 1.165) is 10.9 Å². The summed E-state index contributed by atoms with van der Waals surface area (Å²) in [7, 11) is 0. The quantitative estimate of drug-likeness (QED) is 0.427. The van der Waals surface area contributed by atoms with E-state index in [-0.39, 0.29) is 11.8 Å². The second-order valence-electron chi connectivity index (χ2n) is 10.3. The van der Waals surface area contributed by atoms with Crippen LogP contribution in [0.5, 0.6) is 11.5 Å². The second-order valence-corrected chi connectivity index (χ2v) is 10.3. The Labute approximate surface area is 207 Å². The fraction of sp³-hybridized carbons (Fsp3) is 0.370. The molecule has 0 unspecified atom stereocenters. The zero-order chi connectivity index (χ0) is 25.2. The average molecular weight is 489 g/mol. The first kappa shape index (κ1) is 22.6. The third-order valence-corrected chi connectivity index (χ3v) is 7.01. The van der Waals surface area contributed by atoms with Crippen LogP contribution < -0.4 is 10.1 Å². The minimum absolute atomic E-state index is 0.118. The van der Waals surface area contributed by atoms with E-state index in [1.807, 2.05) is 13.0 Å². The van der Waals surface area contributed by atoms with Crippen LogP contribution in [0.3, 0.4) is 0 Å². The molecule has 1 saturated carbocycles. The minimum Gasteiger partial charge on any atom is -0.460 e. The van der Waals surface area contributed by atoms with Crippen molar-refractivity contribution in [3.05, 3.63) is 59.1 Å². The summed E-state index contributed by atoms with van der Waals surface area (Å²) in [5, 5.41) is 18.1. The van der Waals surface area contributed by atoms with E-state index in [1.165, 1.54) is 12.8 Å². The summed E-state index contributed by atoms with van der Waals surface area (Å²) in [5.41, 5.74) is 2.24. The molecule has 4 aromatic rings. The molecule has 0 spiro atoms. The first-order chi connectivity index (χ1) is 17.2. The van der Waals surface area contributed by atoms with Crippen molar-refractivity contribution in [1.82, 2.24) is 19.8 Å². The van der Waals surface area contributed by atoms with Crippen LogP contribution in [-0.4, -0.2) is 56.7 Å². The Morgan fingerprint density at radius 1 is 1.25 bits per heavy atom. The van der Waals surface area contributed by atoms with Crippen molar-refractivity contribution in [1.29, 1.82) is 0 Å². The number of fused-ring (bicyclic) bond motifs is 2. The highest BCUT2D eigenvalue weighted by atomic mass is 16.5. The number of carbonyl (C=O) groups is 2. The number of β-amino-alcohol motifs (C(OH)–C–C–N with tert-alkyl or cyclic N) is 1. The molecule has 4 heterocycles. The summed E-state index contributed by atoms with van der Waals surface area (Å²) in [4.78, 5) is 27.3. The van der Waals surface area contributed by atoms with Gasteiger partial charge in [0.2, 0.25) is 0 Å². The predicted octanol–water partition coefficient (Wildman–Crippen LogP) is 3.84. The van der Waals surface area contributed by atoms with Gasteiger partial charge in [-0.3, -0.25) is 9.59 Å². The van der Waals surface area contributed by atoms with E-state index in [9.17, 15) is 14.7 Å². The van der Waals surface area contributed by atoms with Crippen LogP contribution in [0.15, 0.2) is 41.1 Å². The number of hydrogen-bond acceptors (Lipinski definition) is 6. The van der Waals surface area contributed by atoms with Crippen LogP contribution in [0.4, 0.5) is 0 Å². The number of carbonyl (C=O) groups excluding carboxylic acids is 2. The maximum absolute atomic E-state index is 13.0. The number of aryl methyl sites for hydroxylation is 2. The van der Waals surface area contributed by atoms with Gasteiger partial charge in [-0.05, 0) is 57.2 Å². The molecule has 9 heteroatoms. The SMILES string of the molecule is Cc1oc2cc(Oc3ccnn4cc(C(=O)N5CC(C)(O)C5)c(C)c34)ccc2c1C(=O)NCC1CC1. The molecule has 0 radical (unpaired) electrons. The summed E-state index contributed by atoms with van der Waals surface area (Å²) < 4.78 is 13.8. The van der Waals surface area contributed by atoms with Gasteiger partial charge in [0.05, 0.1) is 36.0 Å². The number of furan rings is 1. The molecule has 1 aromatic carbocycles. The highest BCUT2D eigenvalue weighted by molar-refractivity contribution is 6.07. The van der Waals surface area contributed by atoms with Crippen LogP contribution in [0, 0.1) is 19.8 Å². The van der Waals surface area contributed by atoms with Gasteiger partial charge < -0.3 is 24.5 Å². The number of benzene rings is 1. The van der Waals surface area contributed by atoms with E-state index in [0.29, 0.717) is 65.0 Å². The second kappa shape index (κ2) is 8.09. The molecule has 1 aliphatic heterocycles. The van der Waals surface area contributed by atoms with Gasteiger partial charge in [-0.15, -0.1) is 0 Å². The third kappa shape index (κ3) is 3.89. The lowest BCUT2D eigenvalue weighted by Crippen LogP contribution is -2.61. The molecule has 3 aromatic heterocycles. The lowest BCUT2D eigenvalue weighted by Gasteiger charge is -2.44. The van der Waals surface area contributed by atoms with Gasteiger partial charge >= 0.3 is 0 Å². The number of aliphatic hydroxyl groups is 1. The maximum Gasteiger partial charge on any atom is 0.255 e. The standard InChI is InChI=1S/C27H28N4O5/c1-15-20(26(33)30-13-27(3,34)14-30)12-31-24(15)21(8-9-29-31)36-18-6-7-19-22(10-18)35-16(2)23(19)25(32)28-11-17-4-5-17/h6-10,12,17,34H,4-5,11,13-14H2,1-3H3,(H,28,32). The fourth-order valence-electron chi connectivity index (χ4n) is 4.93. The van der Waals surface area contributed by atoms with Gasteiger partial charge in [-0.1, -0.05) is 0 Å². The van der Waals surface area contributed by atoms with Crippen LogP contribution in [0.2, 0.25) is 0 Å². The van der Waals surface area contributed by atoms with Gasteiger partial charge in [0.15, 0.2) is 5.75 Å². The smallest absolute Gasteiger partial charge is 0.255 e. The monoisotopic (exact) mass is 488 g/mol. The molecular weight excluding hydrogens is 460 g/mol. The Hall–Kier alpha value is -3.85. The fourth-order valence-corrected chi connectivity index (χ4v) is 4.93. The largest absolute Gasteiger partial charge is 0.460 e. The molecule has 0 atom stereocenters. The number of aromatic nitrogens is 2. The zero-order valence-corrected chi connectivity index (χ0v) is 20.5. The predicted molar refractivity (Wildman–Crippen MR) is 133 cm³/mol. The van der Waals surface area contributed by atoms with Crippen LogP contribution in [0.25, 0.3) is 16.5 Å². The summed E-state index contributed by atoms with van der Waals surface area (Å²) in [6.07, 6.45) is 5.65. The maximum atomic E-state index is 13.0. The first-order valence-corrected chi connectivity index (χ1v) is 12.2. The van der Waals surface area contributed by atoms with Gasteiger partial charge in [-0.2, -0.15) is 5.10 Å². The van der Waals surface area contributed by atoms with Gasteiger partial charge in [0.25, 0.3) is 11.8 Å². The van der Waals surface area contributed by atoms with Crippen molar-refractivity contribution in [2.24, 2.45) is 5.92 Å². The molecule has 2 fully saturated rings. The topological polar surface area (TPSA) is 109 Å². The number of rotatable bonds is 6. The Bertz CT molecular complexity index is 1520. The van der Waals surface area contributed by atoms with Crippen LogP contribution in [-0.2, 0) is 0 Å². The minimum atomic E-state index is -0.837. The first-order valence-electron chi connectivity index (χ1n) is 12.2. The zero-order valence-electron chi connectivity index (χ0n) is 20.5. The molecule has 1 saturated heterocycles. The van der Waals surface area contributed by atoms with Crippen molar-refractivity contribution < 1.29 is 23.8 Å². The molecule has 6 rings (SSSR count). The van der Waals surface area contributed by atoms with E-state index in [4.69, 9.17) is 9.15 Å². The Balaban J connectivity index is 1.28. The number of hydrogen-bond donors (Lipinski definition) is 2. The van der Waals surface area contributed by atoms with Crippen molar-refractivity contribution in [2.45, 2.75) is 39.2 Å². The molecule has 0 bridgehead atoms. The molecule has 9 nitrogen and oxygen atoms in total. The molecule has 2 amide bonds. The normalized spacial score (nSPS) is 16.8. The number of nitrogens with zero attached hydrogens (tertiary/aromatic N) is 3. The number of amides is 2. The van der Waals surface area contributed by atoms with E-state index in [1.54, 1.807) is 53.9 Å². The van der Waals surface area contributed by atoms with Crippen molar-refractivity contribution >= 4 is 28.3 Å². The lowest BCUT2D eigenvalue weighted by molar-refractivity contribution is -0.0669. The summed E-state index contributed by atoms with van der Waals surface area (Å²) >= 11 is 0. The number of ether oxygens (including phenoxy) is 1. The number of nitrogens with one attached hydrogen (secondary N) is 1. The molecule has 2 aliphatic rings. The van der Waals surface area contributed by atoms with Gasteiger partial charge in [0.1, 0.15) is 22.6 Å². The van der Waals surface area contributed by atoms with Crippen molar-refractivity contribution in [2.75, 3.05) is 19.6 Å². The number of likely N-dealkylation sites (tertiary alicyclic amines) is 1. The van der Waals surface area contributed by atoms with Crippen molar-refractivity contribution in [3.63, 3.8) is 0 Å². The van der Waals surface area contributed by atoms with E-state index < -0.39 is 5.60 Å². The Kier molecular flexibility index (Phi) is 5.08. The lowest BCUT2D eigenvalue weighted by atomic mass is 9.96. The molecular formula is C27H28N4O5. The Morgan fingerprint density at radius 3 is 2.75 bits per heavy atom. The summed E-state index contributed by atoms with van der Waals surface area (Å²) in [6, 6.07) is 7.16. The van der Waals surface area contributed by atoms with E-state index >= 15 is 0 Å². The summed E-state index contributed by atoms with van der Waals surface area (Å²) in [5.74, 6) is 1.99. The molecule has 186 valence electrons. The van der Waals surface area contributed by atoms with Gasteiger partial charge in [-0.25, -0.2) is 4.52 Å². The molecule has 2 N–H and O–H groups in total. The van der Waals surface area contributed by atoms with Gasteiger partial charge in [0, 0.05) is 30.3 Å². The highest BCUT2D eigenvalue weighted by Crippen LogP contribution is 2.35. The van der Waals surface area contributed by atoms with Crippen molar-refractivity contribution in [3.8, 4) is 11.5 Å². The van der Waals surface area contributed by atoms with Crippen LogP contribution in [0.1, 0.15) is 51.8 Å². The third-order valence-electron chi connectivity index (χ3n) is 7.01. The summed E-state index contributed by atoms with van der Waals surface area (Å²) in [6.45, 7) is 6.67. The molecule has 36 heavy (non-hydrogen) atoms. The highest BCUT2D eigenvalue weighted by Gasteiger charge is 2.40. The van der Waals surface area contributed by atoms with E-state index in [2.05, 4.69) is 10.4 Å².